The van der Waals surface area contributed by atoms with Crippen LogP contribution in [0.2, 0.25) is 0 Å². The van der Waals surface area contributed by atoms with Crippen LogP contribution in [0, 0.1) is 6.92 Å². The summed E-state index contributed by atoms with van der Waals surface area (Å²) in [7, 11) is 1.83. The fraction of sp³-hybridized carbons (Fsp3) is 0.450. The summed E-state index contributed by atoms with van der Waals surface area (Å²) in [6, 6.07) is 12.0. The van der Waals surface area contributed by atoms with Gasteiger partial charge in [-0.05, 0) is 31.9 Å². The molecule has 0 fully saturated rings. The van der Waals surface area contributed by atoms with Crippen LogP contribution in [0.3, 0.4) is 0 Å². The van der Waals surface area contributed by atoms with E-state index in [9.17, 15) is 4.79 Å². The van der Waals surface area contributed by atoms with Crippen LogP contribution < -0.4 is 4.90 Å². The maximum Gasteiger partial charge on any atom is 0.272 e. The van der Waals surface area contributed by atoms with E-state index in [1.165, 1.54) is 5.56 Å². The second kappa shape index (κ2) is 9.16. The molecule has 0 aliphatic carbocycles. The van der Waals surface area contributed by atoms with Crippen LogP contribution in [0.1, 0.15) is 48.4 Å². The molecule has 25 heavy (non-hydrogen) atoms. The summed E-state index contributed by atoms with van der Waals surface area (Å²) in [6.07, 6.45) is 2.06. The van der Waals surface area contributed by atoms with Gasteiger partial charge in [0, 0.05) is 32.4 Å². The molecule has 0 atom stereocenters. The molecule has 0 saturated heterocycles. The molecule has 0 saturated carbocycles. The largest absolute Gasteiger partial charge is 0.340 e. The van der Waals surface area contributed by atoms with E-state index in [1.54, 1.807) is 11.0 Å². The van der Waals surface area contributed by atoms with Crippen LogP contribution in [0.5, 0.6) is 0 Å². The number of benzene rings is 1. The van der Waals surface area contributed by atoms with Gasteiger partial charge in [-0.3, -0.25) is 4.79 Å². The zero-order valence-corrected chi connectivity index (χ0v) is 15.7. The Balaban J connectivity index is 2.22. The topological polar surface area (TPSA) is 49.3 Å². The van der Waals surface area contributed by atoms with Crippen molar-refractivity contribution in [1.82, 2.24) is 14.9 Å². The molecule has 0 aliphatic heterocycles. The summed E-state index contributed by atoms with van der Waals surface area (Å²) in [6.45, 7) is 8.34. The Labute approximate surface area is 150 Å². The Morgan fingerprint density at radius 2 is 1.84 bits per heavy atom. The average molecular weight is 340 g/mol. The number of unbranched alkanes of at least 4 members (excludes halogenated alkanes) is 1. The van der Waals surface area contributed by atoms with Gasteiger partial charge in [0.15, 0.2) is 0 Å². The van der Waals surface area contributed by atoms with E-state index in [4.69, 9.17) is 0 Å². The fourth-order valence-corrected chi connectivity index (χ4v) is 2.62. The van der Waals surface area contributed by atoms with Crippen molar-refractivity contribution in [3.63, 3.8) is 0 Å². The second-order valence-corrected chi connectivity index (χ2v) is 6.27. The van der Waals surface area contributed by atoms with Crippen molar-refractivity contribution >= 4 is 11.9 Å². The molecule has 2 aromatic rings. The molecule has 0 radical (unpaired) electrons. The second-order valence-electron chi connectivity index (χ2n) is 6.27. The molecule has 2 rings (SSSR count). The predicted molar refractivity (Wildman–Crippen MR) is 102 cm³/mol. The van der Waals surface area contributed by atoms with Gasteiger partial charge in [-0.1, -0.05) is 43.7 Å². The third kappa shape index (κ3) is 5.28. The zero-order valence-electron chi connectivity index (χ0n) is 15.7. The number of hydrogen-bond acceptors (Lipinski definition) is 4. The first-order valence-corrected chi connectivity index (χ1v) is 8.95. The predicted octanol–water partition coefficient (Wildman–Crippen LogP) is 3.68. The van der Waals surface area contributed by atoms with Gasteiger partial charge in [0.05, 0.1) is 0 Å². The third-order valence-electron chi connectivity index (χ3n) is 4.14. The Kier molecular flexibility index (Phi) is 6.92. The van der Waals surface area contributed by atoms with E-state index in [-0.39, 0.29) is 5.91 Å². The monoisotopic (exact) mass is 340 g/mol. The fourth-order valence-electron chi connectivity index (χ4n) is 2.62. The van der Waals surface area contributed by atoms with Crippen LogP contribution >= 0.6 is 0 Å². The summed E-state index contributed by atoms with van der Waals surface area (Å²) in [5.41, 5.74) is 2.47. The van der Waals surface area contributed by atoms with Crippen molar-refractivity contribution in [2.75, 3.05) is 25.0 Å². The molecule has 5 nitrogen and oxygen atoms in total. The van der Waals surface area contributed by atoms with Gasteiger partial charge in [0.1, 0.15) is 5.69 Å². The lowest BCUT2D eigenvalue weighted by Gasteiger charge is -2.22. The van der Waals surface area contributed by atoms with Gasteiger partial charge in [-0.15, -0.1) is 0 Å². The highest BCUT2D eigenvalue weighted by atomic mass is 16.2. The van der Waals surface area contributed by atoms with Crippen molar-refractivity contribution in [1.29, 1.82) is 0 Å². The molecule has 134 valence electrons. The lowest BCUT2D eigenvalue weighted by molar-refractivity contribution is 0.0787. The van der Waals surface area contributed by atoms with E-state index in [2.05, 4.69) is 40.8 Å². The Morgan fingerprint density at radius 1 is 1.12 bits per heavy atom. The van der Waals surface area contributed by atoms with Crippen LogP contribution in [-0.2, 0) is 6.54 Å². The quantitative estimate of drug-likeness (QED) is 0.735. The van der Waals surface area contributed by atoms with Gasteiger partial charge in [-0.25, -0.2) is 9.97 Å². The summed E-state index contributed by atoms with van der Waals surface area (Å²) < 4.78 is 0. The maximum atomic E-state index is 12.6. The van der Waals surface area contributed by atoms with Crippen LogP contribution in [-0.4, -0.2) is 40.9 Å². The number of amides is 1. The van der Waals surface area contributed by atoms with E-state index < -0.39 is 0 Å². The Bertz CT molecular complexity index is 687. The van der Waals surface area contributed by atoms with Crippen LogP contribution in [0.25, 0.3) is 0 Å². The molecule has 0 spiro atoms. The first-order chi connectivity index (χ1) is 12.0. The van der Waals surface area contributed by atoms with Crippen molar-refractivity contribution in [3.8, 4) is 0 Å². The molecular formula is C20H28N4O. The number of aryl methyl sites for hydroxylation is 1. The highest BCUT2D eigenvalue weighted by Crippen LogP contribution is 2.15. The van der Waals surface area contributed by atoms with Crippen molar-refractivity contribution in [2.24, 2.45) is 0 Å². The first kappa shape index (κ1) is 18.9. The summed E-state index contributed by atoms with van der Waals surface area (Å²) in [5, 5.41) is 0. The Morgan fingerprint density at radius 3 is 2.48 bits per heavy atom. The van der Waals surface area contributed by atoms with Gasteiger partial charge >= 0.3 is 0 Å². The minimum Gasteiger partial charge on any atom is -0.340 e. The molecule has 1 aromatic heterocycles. The molecule has 5 heteroatoms. The first-order valence-electron chi connectivity index (χ1n) is 8.95. The van der Waals surface area contributed by atoms with Crippen LogP contribution in [0.15, 0.2) is 36.4 Å². The highest BCUT2D eigenvalue weighted by molar-refractivity contribution is 5.92. The lowest BCUT2D eigenvalue weighted by Crippen LogP contribution is -2.30. The number of rotatable bonds is 8. The van der Waals surface area contributed by atoms with Gasteiger partial charge < -0.3 is 9.80 Å². The molecule has 0 aliphatic rings. The minimum absolute atomic E-state index is 0.0454. The third-order valence-corrected chi connectivity index (χ3v) is 4.14. The molecule has 1 amide bonds. The number of hydrogen-bond donors (Lipinski definition) is 0. The van der Waals surface area contributed by atoms with E-state index in [0.717, 1.165) is 38.2 Å². The maximum absolute atomic E-state index is 12.6. The SMILES string of the molecule is CCCCN(C)C(=O)c1cc(C)nc(N(CC)Cc2ccccc2)n1. The molecule has 0 bridgehead atoms. The van der Waals surface area contributed by atoms with E-state index in [1.807, 2.05) is 32.2 Å². The number of carbonyl (C=O) groups is 1. The van der Waals surface area contributed by atoms with Crippen molar-refractivity contribution in [3.05, 3.63) is 53.3 Å². The lowest BCUT2D eigenvalue weighted by atomic mass is 10.2. The zero-order chi connectivity index (χ0) is 18.2. The van der Waals surface area contributed by atoms with Crippen molar-refractivity contribution < 1.29 is 4.79 Å². The number of carbonyl (C=O) groups excluding carboxylic acids is 1. The van der Waals surface area contributed by atoms with E-state index in [0.29, 0.717) is 11.6 Å². The number of aromatic nitrogens is 2. The van der Waals surface area contributed by atoms with E-state index >= 15 is 0 Å². The van der Waals surface area contributed by atoms with Gasteiger partial charge in [0.2, 0.25) is 5.95 Å². The van der Waals surface area contributed by atoms with Gasteiger partial charge in [-0.2, -0.15) is 0 Å². The standard InChI is InChI=1S/C20H28N4O/c1-5-7-13-23(4)19(25)18-14-16(3)21-20(22-18)24(6-2)15-17-11-9-8-10-12-17/h8-12,14H,5-7,13,15H2,1-4H3. The normalized spacial score (nSPS) is 10.6. The van der Waals surface area contributed by atoms with Crippen LogP contribution in [0.4, 0.5) is 5.95 Å². The molecule has 0 unspecified atom stereocenters. The summed E-state index contributed by atoms with van der Waals surface area (Å²) in [4.78, 5) is 25.6. The Hall–Kier alpha value is -2.43. The molecular weight excluding hydrogens is 312 g/mol. The highest BCUT2D eigenvalue weighted by Gasteiger charge is 2.17. The van der Waals surface area contributed by atoms with Crippen molar-refractivity contribution in [2.45, 2.75) is 40.2 Å². The average Bonchev–Trinajstić information content (AvgIpc) is 2.63. The minimum atomic E-state index is -0.0454. The van der Waals surface area contributed by atoms with Gasteiger partial charge in [0.25, 0.3) is 5.91 Å². The molecule has 1 aromatic carbocycles. The molecule has 0 N–H and O–H groups in total. The smallest absolute Gasteiger partial charge is 0.272 e. The summed E-state index contributed by atoms with van der Waals surface area (Å²) in [5.74, 6) is 0.564. The summed E-state index contributed by atoms with van der Waals surface area (Å²) >= 11 is 0. The number of nitrogens with zero attached hydrogens (tertiary/aromatic N) is 4. The number of anilines is 1. The molecule has 1 heterocycles.